The first kappa shape index (κ1) is 30.4. The number of ether oxygens (including phenoxy) is 4. The topological polar surface area (TPSA) is 110 Å². The number of pyridine rings is 2. The first-order chi connectivity index (χ1) is 21.0. The normalized spacial score (nSPS) is 28.9. The lowest BCUT2D eigenvalue weighted by Gasteiger charge is -2.39. The third-order valence-electron chi connectivity index (χ3n) is 10.2. The lowest BCUT2D eigenvalue weighted by molar-refractivity contribution is -0.0406. The van der Waals surface area contributed by atoms with E-state index >= 15 is 0 Å². The van der Waals surface area contributed by atoms with Crippen molar-refractivity contribution in [2.75, 3.05) is 19.8 Å². The van der Waals surface area contributed by atoms with Gasteiger partial charge in [0.2, 0.25) is 0 Å². The van der Waals surface area contributed by atoms with E-state index in [9.17, 15) is 5.11 Å². The fourth-order valence-electron chi connectivity index (χ4n) is 6.72. The maximum Gasteiger partial charge on any atom is 0.301 e. The summed E-state index contributed by atoms with van der Waals surface area (Å²) >= 11 is 6.83. The van der Waals surface area contributed by atoms with Gasteiger partial charge in [0.15, 0.2) is 20.1 Å². The Morgan fingerprint density at radius 2 is 1.82 bits per heavy atom. The van der Waals surface area contributed by atoms with Crippen LogP contribution >= 0.6 is 11.6 Å². The average molecular weight is 643 g/mol. The lowest BCUT2D eigenvalue weighted by Crippen LogP contribution is -2.47. The Labute approximate surface area is 264 Å². The fraction of sp³-hybridized carbons (Fsp3) is 0.656. The summed E-state index contributed by atoms with van der Waals surface area (Å²) in [7, 11) is -2.00. The molecule has 1 aliphatic carbocycles. The molecule has 12 heteroatoms. The summed E-state index contributed by atoms with van der Waals surface area (Å²) < 4.78 is 34.1. The minimum Gasteiger partial charge on any atom is -0.506 e. The van der Waals surface area contributed by atoms with Crippen LogP contribution in [0.5, 0.6) is 11.8 Å². The third-order valence-corrected chi connectivity index (χ3v) is 15.0. The Morgan fingerprint density at radius 3 is 2.57 bits per heavy atom. The molecule has 3 aromatic rings. The Morgan fingerprint density at radius 1 is 1.05 bits per heavy atom. The van der Waals surface area contributed by atoms with Gasteiger partial charge >= 0.3 is 6.01 Å². The second-order valence-corrected chi connectivity index (χ2v) is 19.4. The van der Waals surface area contributed by atoms with Gasteiger partial charge in [-0.25, -0.2) is 4.98 Å². The van der Waals surface area contributed by atoms with E-state index in [1.54, 1.807) is 0 Å². The SMILES string of the molecule is CC(C)(C)[Si](C)(C)O[C@@H]1CO[C@H]2[C@@H]1OC[C@H]2Oc1nc2cc(Cl)c(CC3CCc4cc(O)cnc43)nc2n1C1CCCCO1. The summed E-state index contributed by atoms with van der Waals surface area (Å²) in [6, 6.07) is 4.14. The summed E-state index contributed by atoms with van der Waals surface area (Å²) in [5, 5.41) is 10.5. The van der Waals surface area contributed by atoms with Gasteiger partial charge < -0.3 is 28.5 Å². The molecule has 44 heavy (non-hydrogen) atoms. The Balaban J connectivity index is 1.16. The second-order valence-electron chi connectivity index (χ2n) is 14.2. The largest absolute Gasteiger partial charge is 0.506 e. The first-order valence-corrected chi connectivity index (χ1v) is 19.2. The second kappa shape index (κ2) is 11.5. The van der Waals surface area contributed by atoms with Gasteiger partial charge in [0.25, 0.3) is 0 Å². The van der Waals surface area contributed by atoms with Crippen LogP contribution in [0.1, 0.15) is 75.6 Å². The highest BCUT2D eigenvalue weighted by atomic mass is 35.5. The van der Waals surface area contributed by atoms with Crippen molar-refractivity contribution in [3.63, 3.8) is 0 Å². The number of rotatable bonds is 7. The Kier molecular flexibility index (Phi) is 7.94. The van der Waals surface area contributed by atoms with Gasteiger partial charge in [0, 0.05) is 18.2 Å². The van der Waals surface area contributed by atoms with Crippen molar-refractivity contribution < 1.29 is 28.5 Å². The van der Waals surface area contributed by atoms with Crippen LogP contribution in [0, 0.1) is 0 Å². The summed E-state index contributed by atoms with van der Waals surface area (Å²) in [5.41, 5.74) is 4.26. The number of imidazole rings is 1. The van der Waals surface area contributed by atoms with Crippen LogP contribution in [0.3, 0.4) is 0 Å². The monoisotopic (exact) mass is 642 g/mol. The minimum absolute atomic E-state index is 0.0954. The molecule has 6 atom stereocenters. The van der Waals surface area contributed by atoms with Crippen molar-refractivity contribution >= 4 is 31.1 Å². The Hall–Kier alpha value is -2.28. The molecule has 0 saturated carbocycles. The van der Waals surface area contributed by atoms with Crippen molar-refractivity contribution in [2.45, 2.75) is 114 Å². The average Bonchev–Trinajstić information content (AvgIpc) is 3.73. The molecule has 1 N–H and O–H groups in total. The van der Waals surface area contributed by atoms with E-state index in [1.807, 2.05) is 16.7 Å². The van der Waals surface area contributed by atoms with Gasteiger partial charge in [-0.2, -0.15) is 4.98 Å². The van der Waals surface area contributed by atoms with E-state index < -0.39 is 8.32 Å². The number of aromatic hydroxyl groups is 1. The summed E-state index contributed by atoms with van der Waals surface area (Å²) in [6.07, 6.45) is 5.79. The molecule has 2 unspecified atom stereocenters. The lowest BCUT2D eigenvalue weighted by atomic mass is 10.00. The van der Waals surface area contributed by atoms with E-state index in [0.29, 0.717) is 48.4 Å². The van der Waals surface area contributed by atoms with E-state index in [2.05, 4.69) is 38.8 Å². The predicted octanol–water partition coefficient (Wildman–Crippen LogP) is 6.09. The molecule has 0 aromatic carbocycles. The van der Waals surface area contributed by atoms with Crippen LogP contribution in [0.25, 0.3) is 11.2 Å². The van der Waals surface area contributed by atoms with Crippen molar-refractivity contribution in [3.05, 3.63) is 40.3 Å². The number of fused-ring (bicyclic) bond motifs is 3. The van der Waals surface area contributed by atoms with E-state index in [0.717, 1.165) is 49.1 Å². The first-order valence-electron chi connectivity index (χ1n) is 15.9. The van der Waals surface area contributed by atoms with Crippen molar-refractivity contribution in [2.24, 2.45) is 0 Å². The summed E-state index contributed by atoms with van der Waals surface area (Å²) in [6.45, 7) is 12.8. The molecular formula is C32H43ClN4O6Si. The highest BCUT2D eigenvalue weighted by Crippen LogP contribution is 2.42. The number of hydrogen-bond donors (Lipinski definition) is 1. The zero-order valence-electron chi connectivity index (χ0n) is 26.2. The number of hydrogen-bond acceptors (Lipinski definition) is 9. The molecule has 3 saturated heterocycles. The molecule has 0 spiro atoms. The molecule has 0 bridgehead atoms. The van der Waals surface area contributed by atoms with E-state index in [-0.39, 0.29) is 47.3 Å². The van der Waals surface area contributed by atoms with Crippen molar-refractivity contribution in [1.82, 2.24) is 19.5 Å². The van der Waals surface area contributed by atoms with Gasteiger partial charge in [-0.1, -0.05) is 32.4 Å². The molecular weight excluding hydrogens is 600 g/mol. The highest BCUT2D eigenvalue weighted by Gasteiger charge is 2.52. The fourth-order valence-corrected chi connectivity index (χ4v) is 8.26. The molecule has 0 radical (unpaired) electrons. The van der Waals surface area contributed by atoms with Crippen LogP contribution in [0.4, 0.5) is 0 Å². The van der Waals surface area contributed by atoms with Gasteiger partial charge in [0.05, 0.1) is 36.2 Å². The van der Waals surface area contributed by atoms with E-state index in [4.69, 9.17) is 44.9 Å². The maximum absolute atomic E-state index is 9.88. The van der Waals surface area contributed by atoms with Crippen LogP contribution in [0.15, 0.2) is 18.3 Å². The van der Waals surface area contributed by atoms with Crippen LogP contribution in [-0.2, 0) is 31.5 Å². The Bertz CT molecular complexity index is 1540. The molecule has 3 fully saturated rings. The maximum atomic E-state index is 9.88. The molecule has 10 nitrogen and oxygen atoms in total. The molecule has 0 amide bonds. The summed E-state index contributed by atoms with van der Waals surface area (Å²) in [5.74, 6) is 0.381. The molecule has 3 aromatic heterocycles. The van der Waals surface area contributed by atoms with Gasteiger partial charge in [-0.3, -0.25) is 9.55 Å². The molecule has 7 rings (SSSR count). The zero-order valence-corrected chi connectivity index (χ0v) is 28.0. The van der Waals surface area contributed by atoms with Crippen LogP contribution < -0.4 is 4.74 Å². The van der Waals surface area contributed by atoms with Gasteiger partial charge in [0.1, 0.15) is 29.7 Å². The van der Waals surface area contributed by atoms with Crippen LogP contribution in [0.2, 0.25) is 23.2 Å². The van der Waals surface area contributed by atoms with Crippen LogP contribution in [-0.4, -0.2) is 77.2 Å². The van der Waals surface area contributed by atoms with Gasteiger partial charge in [-0.15, -0.1) is 0 Å². The molecule has 6 heterocycles. The molecule has 3 aliphatic heterocycles. The number of halogens is 1. The zero-order chi connectivity index (χ0) is 30.8. The van der Waals surface area contributed by atoms with Crippen molar-refractivity contribution in [3.8, 4) is 11.8 Å². The van der Waals surface area contributed by atoms with Crippen molar-refractivity contribution in [1.29, 1.82) is 0 Å². The minimum atomic E-state index is -2.00. The van der Waals surface area contributed by atoms with Gasteiger partial charge in [-0.05, 0) is 74.4 Å². The molecule has 238 valence electrons. The highest BCUT2D eigenvalue weighted by molar-refractivity contribution is 6.74. The standard InChI is InChI=1S/C32H43ClN4O6Si/c1-32(2,3)44(4,5)43-25-17-41-28-24(16-40-29(25)28)42-31-36-23-14-21(33)22(35-30(23)37(31)26-8-6-7-11-39-26)13-19-10-9-18-12-20(38)15-34-27(18)19/h12,14-15,19,24-26,28-29,38H,6-11,13,16-17H2,1-5H3/t19?,24-,25-,26?,28-,29-/m1/s1. The number of nitrogens with zero attached hydrogens (tertiary/aromatic N) is 4. The smallest absolute Gasteiger partial charge is 0.301 e. The summed E-state index contributed by atoms with van der Waals surface area (Å²) in [4.78, 5) is 14.5. The number of aromatic nitrogens is 4. The number of aryl methyl sites for hydroxylation is 1. The molecule has 4 aliphatic rings. The predicted molar refractivity (Wildman–Crippen MR) is 168 cm³/mol. The third kappa shape index (κ3) is 5.53. The quantitative estimate of drug-likeness (QED) is 0.306. The van der Waals surface area contributed by atoms with E-state index in [1.165, 1.54) is 6.20 Å².